The van der Waals surface area contributed by atoms with Crippen molar-refractivity contribution in [3.05, 3.63) is 54.1 Å². The Labute approximate surface area is 172 Å². The van der Waals surface area contributed by atoms with Gasteiger partial charge in [-0.25, -0.2) is 27.2 Å². The summed E-state index contributed by atoms with van der Waals surface area (Å²) in [5.74, 6) is -1.68. The number of para-hydroxylation sites is 2. The zero-order valence-corrected chi connectivity index (χ0v) is 17.2. The first-order valence-corrected chi connectivity index (χ1v) is 10.9. The Morgan fingerprint density at radius 1 is 1.03 bits per heavy atom. The number of nitrogens with zero attached hydrogens (tertiary/aromatic N) is 3. The van der Waals surface area contributed by atoms with Crippen molar-refractivity contribution in [2.24, 2.45) is 0 Å². The molecule has 0 bridgehead atoms. The number of sulfonamides is 1. The lowest BCUT2D eigenvalue weighted by molar-refractivity contribution is -0.00540. The fraction of sp³-hybridized carbons (Fsp3) is 0.300. The Morgan fingerprint density at radius 3 is 2.33 bits per heavy atom. The average molecular weight is 434 g/mol. The molecule has 2 atom stereocenters. The van der Waals surface area contributed by atoms with Gasteiger partial charge in [-0.2, -0.15) is 0 Å². The van der Waals surface area contributed by atoms with Crippen LogP contribution >= 0.6 is 0 Å². The highest BCUT2D eigenvalue weighted by atomic mass is 32.2. The fourth-order valence-electron chi connectivity index (χ4n) is 3.50. The van der Waals surface area contributed by atoms with Crippen LogP contribution in [0.1, 0.15) is 13.8 Å². The second kappa shape index (κ2) is 7.77. The molecule has 0 aliphatic carbocycles. The summed E-state index contributed by atoms with van der Waals surface area (Å²) < 4.78 is 61.4. The maximum Gasteiger partial charge on any atom is 0.266 e. The first kappa shape index (κ1) is 20.4. The molecular formula is C20H20F2N4O3S. The molecule has 1 aliphatic rings. The lowest BCUT2D eigenvalue weighted by Gasteiger charge is -2.36. The van der Waals surface area contributed by atoms with E-state index in [0.29, 0.717) is 36.0 Å². The molecule has 1 N–H and O–H groups in total. The number of morpholine rings is 1. The van der Waals surface area contributed by atoms with Gasteiger partial charge in [0.05, 0.1) is 23.2 Å². The fourth-order valence-corrected chi connectivity index (χ4v) is 4.59. The van der Waals surface area contributed by atoms with Gasteiger partial charge >= 0.3 is 0 Å². The minimum Gasteiger partial charge on any atom is -0.372 e. The third-order valence-electron chi connectivity index (χ3n) is 4.69. The second-order valence-corrected chi connectivity index (χ2v) is 8.88. The largest absolute Gasteiger partial charge is 0.372 e. The van der Waals surface area contributed by atoms with Crippen molar-refractivity contribution in [2.45, 2.75) is 31.0 Å². The number of hydrogen-bond acceptors (Lipinski definition) is 6. The molecule has 0 amide bonds. The van der Waals surface area contributed by atoms with Crippen molar-refractivity contribution in [3.8, 4) is 0 Å². The second-order valence-electron chi connectivity index (χ2n) is 7.23. The van der Waals surface area contributed by atoms with Crippen LogP contribution in [0.15, 0.2) is 47.4 Å². The van der Waals surface area contributed by atoms with Gasteiger partial charge in [0, 0.05) is 13.1 Å². The molecule has 2 heterocycles. The molecule has 1 fully saturated rings. The minimum atomic E-state index is -4.45. The van der Waals surface area contributed by atoms with Crippen LogP contribution in [0.2, 0.25) is 0 Å². The van der Waals surface area contributed by atoms with Crippen LogP contribution in [0, 0.1) is 11.6 Å². The van der Waals surface area contributed by atoms with Gasteiger partial charge in [-0.3, -0.25) is 4.72 Å². The molecule has 0 unspecified atom stereocenters. The van der Waals surface area contributed by atoms with Crippen molar-refractivity contribution >= 4 is 32.7 Å². The third-order valence-corrected chi connectivity index (χ3v) is 6.04. The highest BCUT2D eigenvalue weighted by molar-refractivity contribution is 7.92. The van der Waals surface area contributed by atoms with Crippen LogP contribution in [0.5, 0.6) is 0 Å². The molecule has 1 aromatic heterocycles. The van der Waals surface area contributed by atoms with Crippen LogP contribution in [0.4, 0.5) is 20.4 Å². The Bertz CT molecular complexity index is 1200. The number of aromatic nitrogens is 2. The highest BCUT2D eigenvalue weighted by Crippen LogP contribution is 2.30. The summed E-state index contributed by atoms with van der Waals surface area (Å²) in [6.45, 7) is 4.76. The summed E-state index contributed by atoms with van der Waals surface area (Å²) >= 11 is 0. The summed E-state index contributed by atoms with van der Waals surface area (Å²) in [7, 11) is -4.45. The topological polar surface area (TPSA) is 84.4 Å². The molecule has 30 heavy (non-hydrogen) atoms. The number of anilines is 2. The van der Waals surface area contributed by atoms with Crippen LogP contribution in [-0.2, 0) is 14.8 Å². The van der Waals surface area contributed by atoms with Gasteiger partial charge in [0.2, 0.25) is 0 Å². The molecule has 3 aromatic rings. The number of hydrogen-bond donors (Lipinski definition) is 1. The maximum absolute atomic E-state index is 14.1. The van der Waals surface area contributed by atoms with Crippen molar-refractivity contribution in [1.82, 2.24) is 9.97 Å². The van der Waals surface area contributed by atoms with Crippen molar-refractivity contribution in [2.75, 3.05) is 22.7 Å². The van der Waals surface area contributed by atoms with Crippen molar-refractivity contribution in [3.63, 3.8) is 0 Å². The first-order valence-electron chi connectivity index (χ1n) is 9.38. The summed E-state index contributed by atoms with van der Waals surface area (Å²) in [6, 6.07) is 9.26. The molecule has 1 saturated heterocycles. The summed E-state index contributed by atoms with van der Waals surface area (Å²) in [5.41, 5.74) is 1.05. The van der Waals surface area contributed by atoms with E-state index in [9.17, 15) is 17.2 Å². The molecule has 0 radical (unpaired) electrons. The van der Waals surface area contributed by atoms with E-state index in [1.54, 1.807) is 24.3 Å². The Morgan fingerprint density at radius 2 is 1.67 bits per heavy atom. The number of nitrogens with one attached hydrogen (secondary N) is 1. The first-order chi connectivity index (χ1) is 14.2. The number of ether oxygens (including phenoxy) is 1. The average Bonchev–Trinajstić information content (AvgIpc) is 2.68. The summed E-state index contributed by atoms with van der Waals surface area (Å²) in [6.07, 6.45) is -0.209. The zero-order chi connectivity index (χ0) is 21.5. The van der Waals surface area contributed by atoms with Gasteiger partial charge in [-0.15, -0.1) is 0 Å². The van der Waals surface area contributed by atoms with Gasteiger partial charge in [0.15, 0.2) is 11.6 Å². The van der Waals surface area contributed by atoms with E-state index in [4.69, 9.17) is 4.74 Å². The normalized spacial score (nSPS) is 19.8. The highest BCUT2D eigenvalue weighted by Gasteiger charge is 2.29. The van der Waals surface area contributed by atoms with Crippen molar-refractivity contribution < 1.29 is 21.9 Å². The lowest BCUT2D eigenvalue weighted by Crippen LogP contribution is -2.46. The van der Waals surface area contributed by atoms with Crippen molar-refractivity contribution in [1.29, 1.82) is 0 Å². The van der Waals surface area contributed by atoms with E-state index in [0.717, 1.165) is 12.1 Å². The molecular weight excluding hydrogens is 414 g/mol. The molecule has 4 rings (SSSR count). The molecule has 10 heteroatoms. The van der Waals surface area contributed by atoms with E-state index in [1.807, 2.05) is 18.7 Å². The lowest BCUT2D eigenvalue weighted by atomic mass is 10.2. The van der Waals surface area contributed by atoms with Gasteiger partial charge in [-0.1, -0.05) is 12.1 Å². The predicted octanol–water partition coefficient (Wildman–Crippen LogP) is 3.32. The van der Waals surface area contributed by atoms with Crippen LogP contribution < -0.4 is 9.62 Å². The zero-order valence-electron chi connectivity index (χ0n) is 16.3. The van der Waals surface area contributed by atoms with E-state index in [1.165, 1.54) is 0 Å². The van der Waals surface area contributed by atoms with E-state index >= 15 is 0 Å². The predicted molar refractivity (Wildman–Crippen MR) is 109 cm³/mol. The van der Waals surface area contributed by atoms with E-state index in [-0.39, 0.29) is 18.0 Å². The van der Waals surface area contributed by atoms with Crippen LogP contribution in [0.3, 0.4) is 0 Å². The molecule has 0 spiro atoms. The van der Waals surface area contributed by atoms with Gasteiger partial charge in [0.25, 0.3) is 10.0 Å². The molecule has 1 aliphatic heterocycles. The number of fused-ring (bicyclic) bond motifs is 1. The molecule has 0 saturated carbocycles. The SMILES string of the molecule is C[C@@H]1CN(c2nc3ccccc3nc2NS(=O)(=O)c2cc(F)ccc2F)C[C@H](C)O1. The molecule has 7 nitrogen and oxygen atoms in total. The molecule has 158 valence electrons. The van der Waals surface area contributed by atoms with E-state index in [2.05, 4.69) is 14.7 Å². The number of halogens is 2. The minimum absolute atomic E-state index is 0.0568. The summed E-state index contributed by atoms with van der Waals surface area (Å²) in [4.78, 5) is 10.1. The van der Waals surface area contributed by atoms with E-state index < -0.39 is 26.6 Å². The van der Waals surface area contributed by atoms with Gasteiger partial charge in [0.1, 0.15) is 16.5 Å². The number of benzene rings is 2. The molecule has 2 aromatic carbocycles. The maximum atomic E-state index is 14.1. The van der Waals surface area contributed by atoms with Gasteiger partial charge in [-0.05, 0) is 44.2 Å². The Balaban J connectivity index is 1.81. The smallest absolute Gasteiger partial charge is 0.266 e. The monoisotopic (exact) mass is 434 g/mol. The van der Waals surface area contributed by atoms with Crippen LogP contribution in [-0.4, -0.2) is 43.7 Å². The third kappa shape index (κ3) is 4.05. The summed E-state index contributed by atoms with van der Waals surface area (Å²) in [5, 5.41) is 0. The Kier molecular flexibility index (Phi) is 5.29. The van der Waals surface area contributed by atoms with Crippen LogP contribution in [0.25, 0.3) is 11.0 Å². The quantitative estimate of drug-likeness (QED) is 0.678. The van der Waals surface area contributed by atoms with Gasteiger partial charge < -0.3 is 9.64 Å². The Hall–Kier alpha value is -2.85. The number of rotatable bonds is 4. The standard InChI is InChI=1S/C20H20F2N4O3S/c1-12-10-26(11-13(2)29-12)20-19(23-16-5-3-4-6-17(16)24-20)25-30(27,28)18-9-14(21)7-8-15(18)22/h3-9,12-13H,10-11H2,1-2H3,(H,23,25)/t12-,13+.